The Morgan fingerprint density at radius 1 is 1.00 bits per heavy atom. The minimum atomic E-state index is -3.45. The normalized spacial score (nSPS) is 17.9. The molecule has 0 spiro atoms. The van der Waals surface area contributed by atoms with Crippen LogP contribution in [0.4, 0.5) is 5.95 Å². The molecule has 2 aliphatic rings. The first kappa shape index (κ1) is 25.8. The summed E-state index contributed by atoms with van der Waals surface area (Å²) in [7, 11) is -3.45. The van der Waals surface area contributed by atoms with Crippen molar-refractivity contribution in [2.45, 2.75) is 44.6 Å². The third kappa shape index (κ3) is 5.79. The zero-order chi connectivity index (χ0) is 27.0. The molecule has 2 aromatic heterocycles. The summed E-state index contributed by atoms with van der Waals surface area (Å²) in [4.78, 5) is 2.60. The lowest BCUT2D eigenvalue weighted by Gasteiger charge is -2.43. The molecule has 0 amide bonds. The molecule has 0 bridgehead atoms. The van der Waals surface area contributed by atoms with Crippen LogP contribution in [0, 0.1) is 5.41 Å². The molecule has 1 aliphatic heterocycles. The van der Waals surface area contributed by atoms with E-state index in [-0.39, 0.29) is 17.4 Å². The third-order valence-electron chi connectivity index (χ3n) is 8.01. The number of anilines is 1. The maximum atomic E-state index is 11.8. The van der Waals surface area contributed by atoms with Crippen molar-refractivity contribution in [1.29, 1.82) is 0 Å². The minimum Gasteiger partial charge on any atom is -0.493 e. The summed E-state index contributed by atoms with van der Waals surface area (Å²) in [6, 6.07) is 23.7. The molecule has 4 aromatic rings. The van der Waals surface area contributed by atoms with Gasteiger partial charge in [-0.05, 0) is 55.8 Å². The first-order valence-electron chi connectivity index (χ1n) is 13.6. The molecule has 6 rings (SSSR count). The Bertz CT molecular complexity index is 1500. The number of hydrogen-bond donors (Lipinski definition) is 1. The average Bonchev–Trinajstić information content (AvgIpc) is 3.71. The minimum absolute atomic E-state index is 0.0536. The standard InChI is InChI=1S/C30H35N5O3S/c1-30(15-17-34(18-16-30)28(23-9-5-3-6-10-23)24-11-7-4-8-12-24)21-38-26-19-27-31-32-29(33-39(2,36)37)35(27)20-25(26)22-13-14-22/h3-12,19-20,22,28H,13-18,21H2,1-2H3,(H,32,33). The summed E-state index contributed by atoms with van der Waals surface area (Å²) in [5.74, 6) is 1.45. The lowest BCUT2D eigenvalue weighted by atomic mass is 9.80. The average molecular weight is 546 g/mol. The Morgan fingerprint density at radius 3 is 2.18 bits per heavy atom. The van der Waals surface area contributed by atoms with Gasteiger partial charge in [-0.1, -0.05) is 67.6 Å². The Balaban J connectivity index is 1.18. The van der Waals surface area contributed by atoms with Crippen molar-refractivity contribution in [3.63, 3.8) is 0 Å². The van der Waals surface area contributed by atoms with Gasteiger partial charge in [0.05, 0.1) is 18.9 Å². The molecular formula is C30H35N5O3S. The van der Waals surface area contributed by atoms with Crippen LogP contribution in [0.15, 0.2) is 72.9 Å². The van der Waals surface area contributed by atoms with Gasteiger partial charge in [0.1, 0.15) is 5.75 Å². The lowest BCUT2D eigenvalue weighted by molar-refractivity contribution is 0.0552. The second-order valence-corrected chi connectivity index (χ2v) is 13.1. The zero-order valence-corrected chi connectivity index (χ0v) is 23.3. The molecule has 8 nitrogen and oxygen atoms in total. The van der Waals surface area contributed by atoms with E-state index in [4.69, 9.17) is 4.74 Å². The monoisotopic (exact) mass is 545 g/mol. The Labute approximate surface area is 230 Å². The summed E-state index contributed by atoms with van der Waals surface area (Å²) in [6.07, 6.45) is 7.33. The fourth-order valence-corrected chi connectivity index (χ4v) is 6.07. The van der Waals surface area contributed by atoms with Crippen molar-refractivity contribution >= 4 is 21.6 Å². The number of piperidine rings is 1. The van der Waals surface area contributed by atoms with Crippen molar-refractivity contribution in [3.8, 4) is 5.75 Å². The van der Waals surface area contributed by atoms with Gasteiger partial charge >= 0.3 is 0 Å². The summed E-state index contributed by atoms with van der Waals surface area (Å²) in [6.45, 7) is 4.94. The number of ether oxygens (including phenoxy) is 1. The van der Waals surface area contributed by atoms with Gasteiger partial charge in [0.2, 0.25) is 16.0 Å². The number of sulfonamides is 1. The van der Waals surface area contributed by atoms with Gasteiger partial charge in [-0.2, -0.15) is 0 Å². The zero-order valence-electron chi connectivity index (χ0n) is 22.5. The SMILES string of the molecule is CC1(COc2cc3nnc(NS(C)(=O)=O)n3cc2C2CC2)CCN(C(c2ccccc2)c2ccccc2)CC1. The fraction of sp³-hybridized carbons (Fsp3) is 0.400. The van der Waals surface area contributed by atoms with Crippen molar-refractivity contribution in [1.82, 2.24) is 19.5 Å². The van der Waals surface area contributed by atoms with Gasteiger partial charge in [-0.3, -0.25) is 14.0 Å². The highest BCUT2D eigenvalue weighted by Gasteiger charge is 2.35. The number of nitrogens with one attached hydrogen (secondary N) is 1. The van der Waals surface area contributed by atoms with Gasteiger partial charge in [0.25, 0.3) is 0 Å². The maximum Gasteiger partial charge on any atom is 0.242 e. The van der Waals surface area contributed by atoms with Crippen LogP contribution in [0.5, 0.6) is 5.75 Å². The van der Waals surface area contributed by atoms with E-state index in [0.717, 1.165) is 56.3 Å². The highest BCUT2D eigenvalue weighted by molar-refractivity contribution is 7.92. The van der Waals surface area contributed by atoms with Crippen molar-refractivity contribution in [2.24, 2.45) is 5.41 Å². The predicted octanol–water partition coefficient (Wildman–Crippen LogP) is 5.25. The van der Waals surface area contributed by atoms with Crippen molar-refractivity contribution in [3.05, 3.63) is 89.6 Å². The molecule has 1 saturated carbocycles. The molecule has 0 unspecified atom stereocenters. The van der Waals surface area contributed by atoms with E-state index >= 15 is 0 Å². The van der Waals surface area contributed by atoms with E-state index in [0.29, 0.717) is 18.2 Å². The highest BCUT2D eigenvalue weighted by Crippen LogP contribution is 2.45. The Hall–Kier alpha value is -3.43. The number of benzene rings is 2. The summed E-state index contributed by atoms with van der Waals surface area (Å²) >= 11 is 0. The second-order valence-electron chi connectivity index (χ2n) is 11.4. The smallest absolute Gasteiger partial charge is 0.242 e. The van der Waals surface area contributed by atoms with Gasteiger partial charge < -0.3 is 4.74 Å². The van der Waals surface area contributed by atoms with E-state index < -0.39 is 10.0 Å². The van der Waals surface area contributed by atoms with Gasteiger partial charge in [0, 0.05) is 23.2 Å². The van der Waals surface area contributed by atoms with E-state index in [9.17, 15) is 8.42 Å². The number of likely N-dealkylation sites (tertiary alicyclic amines) is 1. The molecule has 1 saturated heterocycles. The molecule has 3 heterocycles. The van der Waals surface area contributed by atoms with Crippen LogP contribution < -0.4 is 9.46 Å². The predicted molar refractivity (Wildman–Crippen MR) is 153 cm³/mol. The summed E-state index contributed by atoms with van der Waals surface area (Å²) < 4.78 is 34.2. The van der Waals surface area contributed by atoms with Crippen LogP contribution in [0.3, 0.4) is 0 Å². The number of nitrogens with zero attached hydrogens (tertiary/aromatic N) is 4. The second kappa shape index (κ2) is 10.3. The summed E-state index contributed by atoms with van der Waals surface area (Å²) in [5.41, 5.74) is 4.35. The van der Waals surface area contributed by atoms with Crippen LogP contribution in [-0.2, 0) is 10.0 Å². The van der Waals surface area contributed by atoms with Gasteiger partial charge in [-0.25, -0.2) is 8.42 Å². The molecule has 0 atom stereocenters. The van der Waals surface area contributed by atoms with Crippen LogP contribution in [0.25, 0.3) is 5.65 Å². The largest absolute Gasteiger partial charge is 0.493 e. The molecule has 1 N–H and O–H groups in total. The molecule has 2 fully saturated rings. The number of fused-ring (bicyclic) bond motifs is 1. The molecule has 9 heteroatoms. The van der Waals surface area contributed by atoms with E-state index in [1.165, 1.54) is 11.1 Å². The van der Waals surface area contributed by atoms with E-state index in [1.807, 2.05) is 12.3 Å². The molecule has 0 radical (unpaired) electrons. The molecule has 1 aliphatic carbocycles. The number of pyridine rings is 1. The summed E-state index contributed by atoms with van der Waals surface area (Å²) in [5, 5.41) is 8.23. The lowest BCUT2D eigenvalue weighted by Crippen LogP contribution is -2.43. The molecule has 39 heavy (non-hydrogen) atoms. The number of hydrogen-bond acceptors (Lipinski definition) is 6. The van der Waals surface area contributed by atoms with E-state index in [1.54, 1.807) is 4.40 Å². The Kier molecular flexibility index (Phi) is 6.81. The van der Waals surface area contributed by atoms with Crippen LogP contribution >= 0.6 is 0 Å². The van der Waals surface area contributed by atoms with Crippen molar-refractivity contribution in [2.75, 3.05) is 30.7 Å². The van der Waals surface area contributed by atoms with E-state index in [2.05, 4.69) is 87.4 Å². The van der Waals surface area contributed by atoms with Gasteiger partial charge in [0.15, 0.2) is 5.65 Å². The quantitative estimate of drug-likeness (QED) is 0.309. The topological polar surface area (TPSA) is 88.8 Å². The van der Waals surface area contributed by atoms with Gasteiger partial charge in [-0.15, -0.1) is 10.2 Å². The number of rotatable bonds is 9. The Morgan fingerprint density at radius 2 is 1.62 bits per heavy atom. The molecular weight excluding hydrogens is 510 g/mol. The highest BCUT2D eigenvalue weighted by atomic mass is 32.2. The van der Waals surface area contributed by atoms with Crippen molar-refractivity contribution < 1.29 is 13.2 Å². The van der Waals surface area contributed by atoms with Crippen LogP contribution in [0.2, 0.25) is 0 Å². The molecule has 2 aromatic carbocycles. The van der Waals surface area contributed by atoms with Crippen LogP contribution in [0.1, 0.15) is 61.3 Å². The first-order chi connectivity index (χ1) is 18.8. The first-order valence-corrected chi connectivity index (χ1v) is 15.5. The molecule has 204 valence electrons. The third-order valence-corrected chi connectivity index (χ3v) is 8.56. The van der Waals surface area contributed by atoms with Crippen LogP contribution in [-0.4, -0.2) is 53.9 Å². The number of aromatic nitrogens is 3. The maximum absolute atomic E-state index is 11.8. The fourth-order valence-electron chi connectivity index (χ4n) is 5.60.